The second-order valence-electron chi connectivity index (χ2n) is 5.47. The SMILES string of the molecule is CCC1CCN(CCC(CO)NC2CC2)C1. The van der Waals surface area contributed by atoms with Gasteiger partial charge in [0.15, 0.2) is 0 Å². The van der Waals surface area contributed by atoms with E-state index in [0.717, 1.165) is 18.9 Å². The minimum absolute atomic E-state index is 0.293. The second-order valence-corrected chi connectivity index (χ2v) is 5.47. The van der Waals surface area contributed by atoms with Gasteiger partial charge in [-0.15, -0.1) is 0 Å². The van der Waals surface area contributed by atoms with Gasteiger partial charge < -0.3 is 15.3 Å². The zero-order chi connectivity index (χ0) is 11.4. The Morgan fingerprint density at radius 3 is 2.75 bits per heavy atom. The third-order valence-electron chi connectivity index (χ3n) is 4.01. The number of nitrogens with one attached hydrogen (secondary N) is 1. The molecule has 3 heteroatoms. The van der Waals surface area contributed by atoms with E-state index in [1.54, 1.807) is 0 Å². The number of hydrogen-bond acceptors (Lipinski definition) is 3. The smallest absolute Gasteiger partial charge is 0.0585 e. The lowest BCUT2D eigenvalue weighted by Crippen LogP contribution is -2.37. The molecule has 0 amide bonds. The molecule has 1 aliphatic heterocycles. The van der Waals surface area contributed by atoms with Gasteiger partial charge in [0.25, 0.3) is 0 Å². The lowest BCUT2D eigenvalue weighted by Gasteiger charge is -2.21. The Labute approximate surface area is 99.2 Å². The molecular weight excluding hydrogens is 200 g/mol. The van der Waals surface area contributed by atoms with Gasteiger partial charge in [0.05, 0.1) is 6.61 Å². The van der Waals surface area contributed by atoms with E-state index >= 15 is 0 Å². The van der Waals surface area contributed by atoms with E-state index in [9.17, 15) is 5.11 Å². The van der Waals surface area contributed by atoms with E-state index in [-0.39, 0.29) is 0 Å². The van der Waals surface area contributed by atoms with E-state index in [0.29, 0.717) is 18.7 Å². The molecule has 2 atom stereocenters. The highest BCUT2D eigenvalue weighted by Gasteiger charge is 2.25. The van der Waals surface area contributed by atoms with Crippen molar-refractivity contribution in [1.29, 1.82) is 0 Å². The van der Waals surface area contributed by atoms with Crippen LogP contribution in [0.5, 0.6) is 0 Å². The van der Waals surface area contributed by atoms with Crippen LogP contribution in [0.2, 0.25) is 0 Å². The summed E-state index contributed by atoms with van der Waals surface area (Å²) in [5.41, 5.74) is 0. The Hall–Kier alpha value is -0.120. The summed E-state index contributed by atoms with van der Waals surface area (Å²) in [6.07, 6.45) is 6.40. The van der Waals surface area contributed by atoms with Gasteiger partial charge in [-0.1, -0.05) is 13.3 Å². The molecule has 0 aromatic rings. The maximum atomic E-state index is 9.29. The third kappa shape index (κ3) is 3.72. The van der Waals surface area contributed by atoms with Gasteiger partial charge in [-0.05, 0) is 44.7 Å². The number of likely N-dealkylation sites (tertiary alicyclic amines) is 1. The number of aliphatic hydroxyl groups excluding tert-OH is 1. The number of hydrogen-bond donors (Lipinski definition) is 2. The van der Waals surface area contributed by atoms with Crippen molar-refractivity contribution in [1.82, 2.24) is 10.2 Å². The van der Waals surface area contributed by atoms with Gasteiger partial charge in [0, 0.05) is 18.6 Å². The van der Waals surface area contributed by atoms with Crippen LogP contribution in [0.1, 0.15) is 39.0 Å². The molecule has 0 bridgehead atoms. The van der Waals surface area contributed by atoms with Crippen molar-refractivity contribution in [3.05, 3.63) is 0 Å². The van der Waals surface area contributed by atoms with Crippen molar-refractivity contribution in [2.75, 3.05) is 26.2 Å². The largest absolute Gasteiger partial charge is 0.395 e. The molecule has 0 aromatic carbocycles. The molecule has 94 valence electrons. The first-order valence-electron chi connectivity index (χ1n) is 6.91. The summed E-state index contributed by atoms with van der Waals surface area (Å²) in [5.74, 6) is 0.920. The van der Waals surface area contributed by atoms with Gasteiger partial charge in [-0.3, -0.25) is 0 Å². The number of nitrogens with zero attached hydrogens (tertiary/aromatic N) is 1. The van der Waals surface area contributed by atoms with Crippen LogP contribution in [-0.2, 0) is 0 Å². The van der Waals surface area contributed by atoms with Crippen LogP contribution in [0.3, 0.4) is 0 Å². The topological polar surface area (TPSA) is 35.5 Å². The zero-order valence-corrected chi connectivity index (χ0v) is 10.5. The molecule has 1 aliphatic carbocycles. The van der Waals surface area contributed by atoms with Crippen molar-refractivity contribution < 1.29 is 5.11 Å². The average molecular weight is 226 g/mol. The summed E-state index contributed by atoms with van der Waals surface area (Å²) in [6.45, 7) is 6.28. The fourth-order valence-electron chi connectivity index (χ4n) is 2.60. The van der Waals surface area contributed by atoms with E-state index in [1.807, 2.05) is 0 Å². The molecule has 1 saturated carbocycles. The lowest BCUT2D eigenvalue weighted by atomic mass is 10.1. The van der Waals surface area contributed by atoms with E-state index in [1.165, 1.54) is 38.8 Å². The first kappa shape index (κ1) is 12.3. The third-order valence-corrected chi connectivity index (χ3v) is 4.01. The van der Waals surface area contributed by atoms with Crippen molar-refractivity contribution in [2.24, 2.45) is 5.92 Å². The summed E-state index contributed by atoms with van der Waals surface area (Å²) >= 11 is 0. The highest BCUT2D eigenvalue weighted by Crippen LogP contribution is 2.21. The van der Waals surface area contributed by atoms with Crippen LogP contribution < -0.4 is 5.32 Å². The molecule has 2 fully saturated rings. The number of rotatable bonds is 7. The van der Waals surface area contributed by atoms with Crippen molar-refractivity contribution in [3.8, 4) is 0 Å². The predicted molar refractivity (Wildman–Crippen MR) is 66.5 cm³/mol. The second kappa shape index (κ2) is 5.99. The van der Waals surface area contributed by atoms with E-state index in [4.69, 9.17) is 0 Å². The Kier molecular flexibility index (Phi) is 4.62. The molecular formula is C13H26N2O. The van der Waals surface area contributed by atoms with E-state index in [2.05, 4.69) is 17.1 Å². The van der Waals surface area contributed by atoms with Crippen molar-refractivity contribution >= 4 is 0 Å². The summed E-state index contributed by atoms with van der Waals surface area (Å²) in [7, 11) is 0. The average Bonchev–Trinajstić information content (AvgIpc) is 3.00. The van der Waals surface area contributed by atoms with Crippen LogP contribution in [0.25, 0.3) is 0 Å². The summed E-state index contributed by atoms with van der Waals surface area (Å²) in [6, 6.07) is 1.03. The van der Waals surface area contributed by atoms with Crippen LogP contribution >= 0.6 is 0 Å². The van der Waals surface area contributed by atoms with Gasteiger partial charge in [-0.25, -0.2) is 0 Å². The normalized spacial score (nSPS) is 28.5. The van der Waals surface area contributed by atoms with Crippen molar-refractivity contribution in [2.45, 2.75) is 51.1 Å². The fourth-order valence-corrected chi connectivity index (χ4v) is 2.60. The summed E-state index contributed by atoms with van der Waals surface area (Å²) in [4.78, 5) is 2.56. The minimum Gasteiger partial charge on any atom is -0.395 e. The Balaban J connectivity index is 1.61. The standard InChI is InChI=1S/C13H26N2O/c1-2-11-5-7-15(9-11)8-6-13(10-16)14-12-3-4-12/h11-14,16H,2-10H2,1H3. The molecule has 3 nitrogen and oxygen atoms in total. The van der Waals surface area contributed by atoms with Crippen LogP contribution in [0.15, 0.2) is 0 Å². The first-order chi connectivity index (χ1) is 7.81. The molecule has 2 unspecified atom stereocenters. The monoisotopic (exact) mass is 226 g/mol. The van der Waals surface area contributed by atoms with Gasteiger partial charge in [0.2, 0.25) is 0 Å². The first-order valence-corrected chi connectivity index (χ1v) is 6.91. The molecule has 2 rings (SSSR count). The van der Waals surface area contributed by atoms with Crippen molar-refractivity contribution in [3.63, 3.8) is 0 Å². The molecule has 16 heavy (non-hydrogen) atoms. The van der Waals surface area contributed by atoms with Crippen LogP contribution in [0, 0.1) is 5.92 Å². The van der Waals surface area contributed by atoms with Gasteiger partial charge in [0.1, 0.15) is 0 Å². The quantitative estimate of drug-likeness (QED) is 0.685. The Morgan fingerprint density at radius 1 is 1.38 bits per heavy atom. The van der Waals surface area contributed by atoms with Gasteiger partial charge in [-0.2, -0.15) is 0 Å². The molecule has 0 aromatic heterocycles. The van der Waals surface area contributed by atoms with Gasteiger partial charge >= 0.3 is 0 Å². The molecule has 0 spiro atoms. The predicted octanol–water partition coefficient (Wildman–Crippen LogP) is 1.22. The molecule has 2 aliphatic rings. The minimum atomic E-state index is 0.293. The highest BCUT2D eigenvalue weighted by atomic mass is 16.3. The summed E-state index contributed by atoms with van der Waals surface area (Å²) < 4.78 is 0. The maximum absolute atomic E-state index is 9.29. The summed E-state index contributed by atoms with van der Waals surface area (Å²) in [5, 5.41) is 12.8. The Bertz CT molecular complexity index is 206. The number of aliphatic hydroxyl groups is 1. The fraction of sp³-hybridized carbons (Fsp3) is 1.00. The molecule has 1 saturated heterocycles. The van der Waals surface area contributed by atoms with E-state index < -0.39 is 0 Å². The highest BCUT2D eigenvalue weighted by molar-refractivity contribution is 4.85. The molecule has 1 heterocycles. The Morgan fingerprint density at radius 2 is 2.19 bits per heavy atom. The molecule has 2 N–H and O–H groups in total. The lowest BCUT2D eigenvalue weighted by molar-refractivity contribution is 0.214. The van der Waals surface area contributed by atoms with Crippen LogP contribution in [0.4, 0.5) is 0 Å². The zero-order valence-electron chi connectivity index (χ0n) is 10.5. The maximum Gasteiger partial charge on any atom is 0.0585 e. The molecule has 0 radical (unpaired) electrons. The van der Waals surface area contributed by atoms with Crippen LogP contribution in [-0.4, -0.2) is 48.3 Å².